The maximum Gasteiger partial charge on any atom is 0.416 e. The highest BCUT2D eigenvalue weighted by Crippen LogP contribution is 2.44. The molecule has 10 heteroatoms. The molecule has 1 aliphatic carbocycles. The number of anilines is 1. The van der Waals surface area contributed by atoms with Gasteiger partial charge < -0.3 is 24.6 Å². The van der Waals surface area contributed by atoms with Gasteiger partial charge in [0, 0.05) is 58.2 Å². The van der Waals surface area contributed by atoms with E-state index in [2.05, 4.69) is 17.2 Å². The summed E-state index contributed by atoms with van der Waals surface area (Å²) in [4.78, 5) is 21.7. The number of rotatable bonds is 7. The first-order chi connectivity index (χ1) is 16.8. The Morgan fingerprint density at radius 3 is 2.74 bits per heavy atom. The highest BCUT2D eigenvalue weighted by Gasteiger charge is 2.47. The minimum absolute atomic E-state index is 0.0261. The van der Waals surface area contributed by atoms with Crippen molar-refractivity contribution in [1.82, 2.24) is 15.2 Å². The predicted molar refractivity (Wildman–Crippen MR) is 126 cm³/mol. The topological polar surface area (TPSA) is 66.9 Å². The number of ether oxygens (including phenoxy) is 2. The van der Waals surface area contributed by atoms with Crippen LogP contribution in [-0.2, 0) is 20.4 Å². The van der Waals surface area contributed by atoms with E-state index in [9.17, 15) is 18.0 Å². The lowest BCUT2D eigenvalue weighted by atomic mass is 9.79. The number of carbonyl (C=O) groups is 1. The number of hydrogen-bond acceptors (Lipinski definition) is 6. The number of alkyl halides is 3. The third kappa shape index (κ3) is 5.91. The van der Waals surface area contributed by atoms with Crippen LogP contribution < -0.4 is 10.2 Å². The van der Waals surface area contributed by atoms with E-state index in [-0.39, 0.29) is 29.5 Å². The van der Waals surface area contributed by atoms with Crippen LogP contribution in [0.5, 0.6) is 0 Å². The van der Waals surface area contributed by atoms with E-state index in [0.717, 1.165) is 50.7 Å². The number of carbonyl (C=O) groups excluding carboxylic acids is 1. The molecule has 0 spiro atoms. The SMILES string of the molecule is CCC[C@]1(C(=O)N2CCN(c3cc(C(F)(F)F)ccn3)CC2)CC[C@@H](N[C@H]2CCOC[C@H]2OC)C1. The monoisotopic (exact) mass is 498 g/mol. The predicted octanol–water partition coefficient (Wildman–Crippen LogP) is 3.48. The van der Waals surface area contributed by atoms with E-state index >= 15 is 0 Å². The Labute approximate surface area is 205 Å². The summed E-state index contributed by atoms with van der Waals surface area (Å²) in [7, 11) is 1.71. The fourth-order valence-corrected chi connectivity index (χ4v) is 5.95. The molecule has 196 valence electrons. The fourth-order valence-electron chi connectivity index (χ4n) is 5.95. The van der Waals surface area contributed by atoms with Crippen LogP contribution in [-0.4, -0.2) is 80.5 Å². The maximum atomic E-state index is 13.8. The average Bonchev–Trinajstić information content (AvgIpc) is 3.27. The van der Waals surface area contributed by atoms with E-state index in [0.29, 0.717) is 45.2 Å². The molecule has 1 aromatic rings. The molecule has 3 fully saturated rings. The van der Waals surface area contributed by atoms with Crippen molar-refractivity contribution in [3.63, 3.8) is 0 Å². The molecule has 35 heavy (non-hydrogen) atoms. The van der Waals surface area contributed by atoms with Crippen LogP contribution in [0, 0.1) is 5.41 Å². The molecular weight excluding hydrogens is 461 g/mol. The van der Waals surface area contributed by atoms with Crippen molar-refractivity contribution in [3.8, 4) is 0 Å². The first-order valence-electron chi connectivity index (χ1n) is 12.7. The maximum absolute atomic E-state index is 13.8. The summed E-state index contributed by atoms with van der Waals surface area (Å²) >= 11 is 0. The summed E-state index contributed by atoms with van der Waals surface area (Å²) in [5, 5.41) is 3.75. The van der Waals surface area contributed by atoms with Crippen LogP contribution in [0.4, 0.5) is 19.0 Å². The highest BCUT2D eigenvalue weighted by molar-refractivity contribution is 5.83. The van der Waals surface area contributed by atoms with Gasteiger partial charge in [-0.05, 0) is 44.2 Å². The second kappa shape index (κ2) is 11.0. The van der Waals surface area contributed by atoms with Crippen LogP contribution in [0.25, 0.3) is 0 Å². The molecule has 4 atom stereocenters. The van der Waals surface area contributed by atoms with Crippen molar-refractivity contribution in [3.05, 3.63) is 23.9 Å². The van der Waals surface area contributed by atoms with Crippen LogP contribution in [0.2, 0.25) is 0 Å². The van der Waals surface area contributed by atoms with Gasteiger partial charge >= 0.3 is 6.18 Å². The second-order valence-corrected chi connectivity index (χ2v) is 10.1. The molecule has 1 amide bonds. The van der Waals surface area contributed by atoms with Crippen LogP contribution in [0.15, 0.2) is 18.3 Å². The van der Waals surface area contributed by atoms with Gasteiger partial charge in [0.15, 0.2) is 0 Å². The van der Waals surface area contributed by atoms with E-state index in [1.54, 1.807) is 7.11 Å². The number of nitrogens with zero attached hydrogens (tertiary/aromatic N) is 3. The lowest BCUT2D eigenvalue weighted by Crippen LogP contribution is -2.54. The van der Waals surface area contributed by atoms with Crippen molar-refractivity contribution in [2.45, 2.75) is 69.8 Å². The van der Waals surface area contributed by atoms with Crippen LogP contribution >= 0.6 is 0 Å². The lowest BCUT2D eigenvalue weighted by molar-refractivity contribution is -0.143. The summed E-state index contributed by atoms with van der Waals surface area (Å²) < 4.78 is 50.4. The first-order valence-corrected chi connectivity index (χ1v) is 12.7. The number of pyridine rings is 1. The van der Waals surface area contributed by atoms with Gasteiger partial charge in [0.25, 0.3) is 0 Å². The Balaban J connectivity index is 1.37. The largest absolute Gasteiger partial charge is 0.416 e. The number of nitrogens with one attached hydrogen (secondary N) is 1. The third-order valence-corrected chi connectivity index (χ3v) is 7.81. The van der Waals surface area contributed by atoms with Crippen molar-refractivity contribution in [2.24, 2.45) is 5.41 Å². The molecule has 0 bridgehead atoms. The summed E-state index contributed by atoms with van der Waals surface area (Å²) in [6, 6.07) is 2.57. The van der Waals surface area contributed by atoms with Gasteiger partial charge in [0.2, 0.25) is 5.91 Å². The Morgan fingerprint density at radius 2 is 2.06 bits per heavy atom. The number of aromatic nitrogens is 1. The number of hydrogen-bond donors (Lipinski definition) is 1. The molecule has 0 radical (unpaired) electrons. The molecule has 2 aliphatic heterocycles. The molecular formula is C25H37F3N4O3. The minimum Gasteiger partial charge on any atom is -0.379 e. The zero-order valence-electron chi connectivity index (χ0n) is 20.6. The molecule has 1 aromatic heterocycles. The zero-order valence-corrected chi connectivity index (χ0v) is 20.6. The van der Waals surface area contributed by atoms with Gasteiger partial charge in [-0.1, -0.05) is 13.3 Å². The average molecular weight is 499 g/mol. The summed E-state index contributed by atoms with van der Waals surface area (Å²) in [5.41, 5.74) is -1.08. The van der Waals surface area contributed by atoms with Gasteiger partial charge in [-0.15, -0.1) is 0 Å². The molecule has 7 nitrogen and oxygen atoms in total. The smallest absolute Gasteiger partial charge is 0.379 e. The van der Waals surface area contributed by atoms with Gasteiger partial charge in [0.05, 0.1) is 23.7 Å². The Morgan fingerprint density at radius 1 is 1.29 bits per heavy atom. The van der Waals surface area contributed by atoms with Crippen molar-refractivity contribution in [1.29, 1.82) is 0 Å². The molecule has 2 saturated heterocycles. The Hall–Kier alpha value is -1.91. The quantitative estimate of drug-likeness (QED) is 0.621. The Kier molecular flexibility index (Phi) is 8.23. The van der Waals surface area contributed by atoms with Crippen molar-refractivity contribution in [2.75, 3.05) is 51.4 Å². The summed E-state index contributed by atoms with van der Waals surface area (Å²) in [5.74, 6) is 0.500. The fraction of sp³-hybridized carbons (Fsp3) is 0.760. The minimum atomic E-state index is -4.40. The number of piperazine rings is 1. The normalized spacial score (nSPS) is 30.0. The first kappa shape index (κ1) is 26.2. The number of amides is 1. The van der Waals surface area contributed by atoms with Crippen molar-refractivity contribution < 1.29 is 27.4 Å². The zero-order chi connectivity index (χ0) is 25.1. The highest BCUT2D eigenvalue weighted by atomic mass is 19.4. The molecule has 0 unspecified atom stereocenters. The van der Waals surface area contributed by atoms with Gasteiger partial charge in [-0.25, -0.2) is 4.98 Å². The summed E-state index contributed by atoms with van der Waals surface area (Å²) in [6.07, 6.45) is 2.12. The van der Waals surface area contributed by atoms with Crippen LogP contribution in [0.3, 0.4) is 0 Å². The second-order valence-electron chi connectivity index (χ2n) is 10.1. The summed E-state index contributed by atoms with van der Waals surface area (Å²) in [6.45, 7) is 5.35. The van der Waals surface area contributed by atoms with E-state index in [1.165, 1.54) is 6.20 Å². The van der Waals surface area contributed by atoms with Gasteiger partial charge in [0.1, 0.15) is 5.82 Å². The van der Waals surface area contributed by atoms with Gasteiger partial charge in [-0.3, -0.25) is 4.79 Å². The third-order valence-electron chi connectivity index (χ3n) is 7.81. The van der Waals surface area contributed by atoms with Gasteiger partial charge in [-0.2, -0.15) is 13.2 Å². The van der Waals surface area contributed by atoms with E-state index in [1.807, 2.05) is 9.80 Å². The molecule has 1 saturated carbocycles. The molecule has 3 aliphatic rings. The van der Waals surface area contributed by atoms with Crippen molar-refractivity contribution >= 4 is 11.7 Å². The molecule has 3 heterocycles. The molecule has 0 aromatic carbocycles. The lowest BCUT2D eigenvalue weighted by Gasteiger charge is -2.40. The molecule has 4 rings (SSSR count). The standard InChI is InChI=1S/C25H37F3N4O3/c1-3-7-24(8-4-19(16-24)30-20-6-14-35-17-21(20)34-2)23(33)32-12-10-31(11-13-32)22-15-18(5-9-29-22)25(26,27)28/h5,9,15,19-21,30H,3-4,6-8,10-14,16-17H2,1-2H3/t19-,20+,21-,24+/m1/s1. The Bertz CT molecular complexity index is 863. The molecule has 1 N–H and O–H groups in total. The van der Waals surface area contributed by atoms with E-state index in [4.69, 9.17) is 9.47 Å². The van der Waals surface area contributed by atoms with E-state index < -0.39 is 11.7 Å². The van der Waals surface area contributed by atoms with Crippen LogP contribution in [0.1, 0.15) is 51.0 Å². The number of halogens is 3. The number of methoxy groups -OCH3 is 1.